The van der Waals surface area contributed by atoms with Crippen molar-refractivity contribution in [3.63, 3.8) is 0 Å². The number of ether oxygens (including phenoxy) is 1. The molecule has 2 atom stereocenters. The van der Waals surface area contributed by atoms with Gasteiger partial charge in [0.1, 0.15) is 5.75 Å². The van der Waals surface area contributed by atoms with E-state index in [0.29, 0.717) is 25.3 Å². The first-order valence-electron chi connectivity index (χ1n) is 8.52. The van der Waals surface area contributed by atoms with E-state index in [1.807, 2.05) is 4.90 Å². The maximum absolute atomic E-state index is 12.3. The number of halogens is 5. The zero-order valence-electron chi connectivity index (χ0n) is 14.6. The van der Waals surface area contributed by atoms with Crippen LogP contribution in [0, 0.1) is 5.92 Å². The van der Waals surface area contributed by atoms with E-state index < -0.39 is 6.36 Å². The zero-order valence-corrected chi connectivity index (χ0v) is 16.3. The van der Waals surface area contributed by atoms with Gasteiger partial charge >= 0.3 is 6.36 Å². The lowest BCUT2D eigenvalue weighted by molar-refractivity contribution is -0.274. The smallest absolute Gasteiger partial charge is 0.406 e. The number of carbonyl (C=O) groups is 1. The second kappa shape index (κ2) is 10.2. The lowest BCUT2D eigenvalue weighted by Gasteiger charge is -2.24. The molecule has 1 amide bonds. The fraction of sp³-hybridized carbons (Fsp3) is 0.588. The number of rotatable bonds is 4. The first-order valence-corrected chi connectivity index (χ1v) is 8.52. The third kappa shape index (κ3) is 6.93. The van der Waals surface area contributed by atoms with Crippen LogP contribution in [0.5, 0.6) is 5.75 Å². The third-order valence-electron chi connectivity index (χ3n) is 4.62. The fourth-order valence-corrected chi connectivity index (χ4v) is 3.38. The van der Waals surface area contributed by atoms with Crippen molar-refractivity contribution in [3.05, 3.63) is 24.3 Å². The molecule has 2 fully saturated rings. The Kier molecular flexibility index (Phi) is 8.98. The zero-order chi connectivity index (χ0) is 17.9. The summed E-state index contributed by atoms with van der Waals surface area (Å²) >= 11 is 0. The van der Waals surface area contributed by atoms with Crippen LogP contribution in [0.15, 0.2) is 24.3 Å². The standard InChI is InChI=1S/C17H22F3N3O2.2ClH/c18-17(19,20)25-15-5-1-4-14(9-15)23-8-6-13(11-23)22-16(24)12-3-2-7-21-10-12;;/h1,4-5,9,12-13,21H,2-3,6-8,10-11H2,(H,22,24);2*1H. The Balaban J connectivity index is 0.00000182. The van der Waals surface area contributed by atoms with E-state index in [1.54, 1.807) is 6.07 Å². The van der Waals surface area contributed by atoms with Gasteiger partial charge in [-0.05, 0) is 37.9 Å². The highest BCUT2D eigenvalue weighted by Gasteiger charge is 2.32. The minimum absolute atomic E-state index is 0. The number of benzene rings is 1. The van der Waals surface area contributed by atoms with Crippen LogP contribution in [-0.2, 0) is 4.79 Å². The summed E-state index contributed by atoms with van der Waals surface area (Å²) in [5, 5.41) is 6.29. The maximum Gasteiger partial charge on any atom is 0.573 e. The summed E-state index contributed by atoms with van der Waals surface area (Å²) in [7, 11) is 0. The minimum Gasteiger partial charge on any atom is -0.406 e. The monoisotopic (exact) mass is 429 g/mol. The predicted molar refractivity (Wildman–Crippen MR) is 102 cm³/mol. The predicted octanol–water partition coefficient (Wildman–Crippen LogP) is 3.12. The van der Waals surface area contributed by atoms with Crippen LogP contribution in [0.2, 0.25) is 0 Å². The normalized spacial score (nSPS) is 22.4. The molecule has 0 radical (unpaired) electrons. The molecule has 1 aromatic rings. The maximum atomic E-state index is 12.3. The Morgan fingerprint density at radius 2 is 2.04 bits per heavy atom. The third-order valence-corrected chi connectivity index (χ3v) is 4.62. The number of nitrogens with one attached hydrogen (secondary N) is 2. The van der Waals surface area contributed by atoms with E-state index in [4.69, 9.17) is 0 Å². The van der Waals surface area contributed by atoms with Crippen LogP contribution in [-0.4, -0.2) is 44.5 Å². The van der Waals surface area contributed by atoms with Gasteiger partial charge in [0.2, 0.25) is 5.91 Å². The number of piperidine rings is 1. The van der Waals surface area contributed by atoms with E-state index in [0.717, 1.165) is 25.8 Å². The van der Waals surface area contributed by atoms with Gasteiger partial charge in [-0.2, -0.15) is 0 Å². The second-order valence-electron chi connectivity index (χ2n) is 6.53. The van der Waals surface area contributed by atoms with Gasteiger partial charge in [-0.3, -0.25) is 4.79 Å². The van der Waals surface area contributed by atoms with E-state index in [-0.39, 0.29) is 48.4 Å². The van der Waals surface area contributed by atoms with Crippen LogP contribution >= 0.6 is 24.8 Å². The number of alkyl halides is 3. The molecule has 0 spiro atoms. The lowest BCUT2D eigenvalue weighted by Crippen LogP contribution is -2.45. The molecule has 2 N–H and O–H groups in total. The van der Waals surface area contributed by atoms with Gasteiger partial charge in [0.05, 0.1) is 5.92 Å². The molecular weight excluding hydrogens is 406 g/mol. The molecule has 0 saturated carbocycles. The molecule has 2 saturated heterocycles. The van der Waals surface area contributed by atoms with E-state index in [9.17, 15) is 18.0 Å². The summed E-state index contributed by atoms with van der Waals surface area (Å²) in [5.41, 5.74) is 0.665. The molecule has 2 aliphatic rings. The molecule has 1 aromatic carbocycles. The number of carbonyl (C=O) groups excluding carboxylic acids is 1. The average molecular weight is 430 g/mol. The average Bonchev–Trinajstić information content (AvgIpc) is 3.03. The highest BCUT2D eigenvalue weighted by Crippen LogP contribution is 2.28. The molecule has 2 unspecified atom stereocenters. The molecule has 27 heavy (non-hydrogen) atoms. The Bertz CT molecular complexity index is 613. The van der Waals surface area contributed by atoms with Crippen LogP contribution in [0.25, 0.3) is 0 Å². The van der Waals surface area contributed by atoms with Crippen LogP contribution in [0.1, 0.15) is 19.3 Å². The molecule has 0 aliphatic carbocycles. The van der Waals surface area contributed by atoms with Gasteiger partial charge in [-0.1, -0.05) is 6.07 Å². The van der Waals surface area contributed by atoms with Crippen molar-refractivity contribution in [1.29, 1.82) is 0 Å². The van der Waals surface area contributed by atoms with Crippen molar-refractivity contribution in [3.8, 4) is 5.75 Å². The fourth-order valence-electron chi connectivity index (χ4n) is 3.38. The number of anilines is 1. The molecule has 5 nitrogen and oxygen atoms in total. The highest BCUT2D eigenvalue weighted by molar-refractivity contribution is 5.85. The van der Waals surface area contributed by atoms with E-state index in [2.05, 4.69) is 15.4 Å². The largest absolute Gasteiger partial charge is 0.573 e. The molecule has 2 aliphatic heterocycles. The van der Waals surface area contributed by atoms with Crippen molar-refractivity contribution >= 4 is 36.4 Å². The highest BCUT2D eigenvalue weighted by atomic mass is 35.5. The van der Waals surface area contributed by atoms with E-state index in [1.165, 1.54) is 18.2 Å². The summed E-state index contributed by atoms with van der Waals surface area (Å²) < 4.78 is 41.0. The molecule has 0 bridgehead atoms. The summed E-state index contributed by atoms with van der Waals surface area (Å²) in [4.78, 5) is 14.3. The molecular formula is C17H24Cl2F3N3O2. The van der Waals surface area contributed by atoms with Gasteiger partial charge in [0.25, 0.3) is 0 Å². The number of hydrogen-bond donors (Lipinski definition) is 2. The first kappa shape index (κ1) is 23.7. The Hall–Kier alpha value is -1.38. The molecule has 154 valence electrons. The van der Waals surface area contributed by atoms with Crippen molar-refractivity contribution in [1.82, 2.24) is 10.6 Å². The van der Waals surface area contributed by atoms with E-state index >= 15 is 0 Å². The number of amides is 1. The summed E-state index contributed by atoms with van der Waals surface area (Å²) in [5.74, 6) is -0.162. The molecule has 0 aromatic heterocycles. The van der Waals surface area contributed by atoms with Gasteiger partial charge in [-0.25, -0.2) is 0 Å². The van der Waals surface area contributed by atoms with Gasteiger partial charge < -0.3 is 20.3 Å². The number of nitrogens with zero attached hydrogens (tertiary/aromatic N) is 1. The first-order chi connectivity index (χ1) is 11.9. The van der Waals surface area contributed by atoms with Crippen molar-refractivity contribution in [2.75, 3.05) is 31.1 Å². The van der Waals surface area contributed by atoms with Crippen molar-refractivity contribution < 1.29 is 22.7 Å². The van der Waals surface area contributed by atoms with Gasteiger partial charge in [0, 0.05) is 37.4 Å². The Labute approximate surface area is 168 Å². The van der Waals surface area contributed by atoms with Crippen LogP contribution < -0.4 is 20.3 Å². The van der Waals surface area contributed by atoms with Crippen LogP contribution in [0.4, 0.5) is 18.9 Å². The Morgan fingerprint density at radius 3 is 2.70 bits per heavy atom. The summed E-state index contributed by atoms with van der Waals surface area (Å²) in [6.45, 7) is 2.93. The van der Waals surface area contributed by atoms with Crippen molar-refractivity contribution in [2.45, 2.75) is 31.7 Å². The SMILES string of the molecule is Cl.Cl.O=C(NC1CCN(c2cccc(OC(F)(F)F)c2)C1)C1CCCNC1. The summed E-state index contributed by atoms with van der Waals surface area (Å²) in [6.07, 6.45) is -2.03. The Morgan fingerprint density at radius 1 is 1.26 bits per heavy atom. The van der Waals surface area contributed by atoms with Gasteiger partial charge in [-0.15, -0.1) is 38.0 Å². The molecule has 10 heteroatoms. The molecule has 3 rings (SSSR count). The minimum atomic E-state index is -4.70. The lowest BCUT2D eigenvalue weighted by atomic mass is 9.98. The quantitative estimate of drug-likeness (QED) is 0.771. The molecule has 2 heterocycles. The summed E-state index contributed by atoms with van der Waals surface area (Å²) in [6, 6.07) is 5.96. The van der Waals surface area contributed by atoms with Crippen molar-refractivity contribution in [2.24, 2.45) is 5.92 Å². The number of hydrogen-bond acceptors (Lipinski definition) is 4. The van der Waals surface area contributed by atoms with Crippen LogP contribution in [0.3, 0.4) is 0 Å². The van der Waals surface area contributed by atoms with Gasteiger partial charge in [0.15, 0.2) is 0 Å². The topological polar surface area (TPSA) is 53.6 Å². The second-order valence-corrected chi connectivity index (χ2v) is 6.53.